The molecule has 1 amide bonds. The Kier molecular flexibility index (Phi) is 4.84. The first-order valence-electron chi connectivity index (χ1n) is 8.02. The Labute approximate surface area is 149 Å². The Morgan fingerprint density at radius 2 is 1.81 bits per heavy atom. The molecule has 0 aliphatic rings. The van der Waals surface area contributed by atoms with Crippen LogP contribution in [0.3, 0.4) is 0 Å². The SMILES string of the molecule is CNC(=O)COC(=O)c1cccc2c(=O)c(C)c(-c3ccccc3)oc12. The summed E-state index contributed by atoms with van der Waals surface area (Å²) < 4.78 is 10.9. The summed E-state index contributed by atoms with van der Waals surface area (Å²) in [5, 5.41) is 2.66. The number of carbonyl (C=O) groups excluding carboxylic acids is 2. The topological polar surface area (TPSA) is 85.6 Å². The molecule has 0 bridgehead atoms. The first-order chi connectivity index (χ1) is 12.5. The highest BCUT2D eigenvalue weighted by Gasteiger charge is 2.19. The van der Waals surface area contributed by atoms with Gasteiger partial charge in [0, 0.05) is 18.2 Å². The van der Waals surface area contributed by atoms with Crippen LogP contribution in [0.4, 0.5) is 0 Å². The Hall–Kier alpha value is -3.41. The van der Waals surface area contributed by atoms with Crippen LogP contribution in [0.2, 0.25) is 0 Å². The normalized spacial score (nSPS) is 10.5. The molecular formula is C20H17NO5. The fourth-order valence-corrected chi connectivity index (χ4v) is 2.62. The predicted octanol–water partition coefficient (Wildman–Crippen LogP) is 2.67. The number of ether oxygens (including phenoxy) is 1. The van der Waals surface area contributed by atoms with Gasteiger partial charge in [-0.3, -0.25) is 9.59 Å². The minimum Gasteiger partial charge on any atom is -0.455 e. The number of likely N-dealkylation sites (N-methyl/N-ethyl adjacent to an activating group) is 1. The van der Waals surface area contributed by atoms with Crippen LogP contribution >= 0.6 is 0 Å². The maximum Gasteiger partial charge on any atom is 0.342 e. The monoisotopic (exact) mass is 351 g/mol. The molecule has 26 heavy (non-hydrogen) atoms. The van der Waals surface area contributed by atoms with Crippen LogP contribution in [0.15, 0.2) is 57.7 Å². The highest BCUT2D eigenvalue weighted by molar-refractivity contribution is 6.02. The van der Waals surface area contributed by atoms with E-state index < -0.39 is 18.5 Å². The van der Waals surface area contributed by atoms with Gasteiger partial charge in [0.05, 0.1) is 5.39 Å². The lowest BCUT2D eigenvalue weighted by Crippen LogP contribution is -2.25. The number of fused-ring (bicyclic) bond motifs is 1. The van der Waals surface area contributed by atoms with Crippen molar-refractivity contribution in [2.24, 2.45) is 0 Å². The van der Waals surface area contributed by atoms with E-state index in [1.807, 2.05) is 30.3 Å². The van der Waals surface area contributed by atoms with E-state index in [0.717, 1.165) is 5.56 Å². The molecule has 6 nitrogen and oxygen atoms in total. The highest BCUT2D eigenvalue weighted by atomic mass is 16.5. The van der Waals surface area contributed by atoms with Crippen molar-refractivity contribution in [3.8, 4) is 11.3 Å². The minimum absolute atomic E-state index is 0.0979. The summed E-state index contributed by atoms with van der Waals surface area (Å²) in [6.45, 7) is 1.28. The second kappa shape index (κ2) is 7.23. The lowest BCUT2D eigenvalue weighted by atomic mass is 10.0. The summed E-state index contributed by atoms with van der Waals surface area (Å²) in [4.78, 5) is 36.4. The summed E-state index contributed by atoms with van der Waals surface area (Å²) in [7, 11) is 1.45. The lowest BCUT2D eigenvalue weighted by molar-refractivity contribution is -0.123. The number of rotatable bonds is 4. The molecule has 1 heterocycles. The summed E-state index contributed by atoms with van der Waals surface area (Å²) in [5.74, 6) is -0.763. The van der Waals surface area contributed by atoms with Gasteiger partial charge in [0.1, 0.15) is 11.3 Å². The van der Waals surface area contributed by atoms with Crippen molar-refractivity contribution in [1.82, 2.24) is 5.32 Å². The first kappa shape index (κ1) is 17.4. The number of hydrogen-bond acceptors (Lipinski definition) is 5. The Bertz CT molecular complexity index is 1040. The van der Waals surface area contributed by atoms with E-state index in [9.17, 15) is 14.4 Å². The van der Waals surface area contributed by atoms with Crippen molar-refractivity contribution < 1.29 is 18.7 Å². The fraction of sp³-hybridized carbons (Fsp3) is 0.150. The van der Waals surface area contributed by atoms with Gasteiger partial charge in [0.15, 0.2) is 17.6 Å². The maximum absolute atomic E-state index is 12.7. The van der Waals surface area contributed by atoms with Gasteiger partial charge in [0.2, 0.25) is 0 Å². The molecule has 3 rings (SSSR count). The lowest BCUT2D eigenvalue weighted by Gasteiger charge is -2.10. The second-order valence-corrected chi connectivity index (χ2v) is 5.68. The third-order valence-corrected chi connectivity index (χ3v) is 4.01. The zero-order chi connectivity index (χ0) is 18.7. The summed E-state index contributed by atoms with van der Waals surface area (Å²) in [6.07, 6.45) is 0. The van der Waals surface area contributed by atoms with E-state index in [1.165, 1.54) is 13.1 Å². The van der Waals surface area contributed by atoms with Crippen LogP contribution in [0.25, 0.3) is 22.3 Å². The van der Waals surface area contributed by atoms with Crippen molar-refractivity contribution in [3.63, 3.8) is 0 Å². The van der Waals surface area contributed by atoms with Crippen LogP contribution in [-0.2, 0) is 9.53 Å². The molecule has 0 radical (unpaired) electrons. The van der Waals surface area contributed by atoms with Crippen LogP contribution < -0.4 is 10.7 Å². The number of carbonyl (C=O) groups is 2. The van der Waals surface area contributed by atoms with Gasteiger partial charge in [-0.1, -0.05) is 36.4 Å². The van der Waals surface area contributed by atoms with Gasteiger partial charge in [-0.25, -0.2) is 4.79 Å². The molecule has 132 valence electrons. The number of esters is 1. The van der Waals surface area contributed by atoms with Gasteiger partial charge in [-0.05, 0) is 19.1 Å². The summed E-state index contributed by atoms with van der Waals surface area (Å²) in [5.41, 5.74) is 1.22. The molecule has 0 fully saturated rings. The zero-order valence-corrected chi connectivity index (χ0v) is 14.4. The number of para-hydroxylation sites is 1. The van der Waals surface area contributed by atoms with Crippen molar-refractivity contribution >= 4 is 22.8 Å². The minimum atomic E-state index is -0.731. The zero-order valence-electron chi connectivity index (χ0n) is 14.4. The molecule has 6 heteroatoms. The van der Waals surface area contributed by atoms with Crippen molar-refractivity contribution in [1.29, 1.82) is 0 Å². The van der Waals surface area contributed by atoms with E-state index in [1.54, 1.807) is 19.1 Å². The Morgan fingerprint density at radius 1 is 1.08 bits per heavy atom. The van der Waals surface area contributed by atoms with Crippen LogP contribution in [0.1, 0.15) is 15.9 Å². The summed E-state index contributed by atoms with van der Waals surface area (Å²) in [6, 6.07) is 13.9. The molecule has 0 aliphatic heterocycles. The molecule has 0 atom stereocenters. The van der Waals surface area contributed by atoms with Gasteiger partial charge in [-0.2, -0.15) is 0 Å². The number of nitrogens with one attached hydrogen (secondary N) is 1. The van der Waals surface area contributed by atoms with Crippen LogP contribution in [0, 0.1) is 6.92 Å². The number of benzene rings is 2. The third kappa shape index (κ3) is 3.21. The van der Waals surface area contributed by atoms with E-state index in [4.69, 9.17) is 9.15 Å². The second-order valence-electron chi connectivity index (χ2n) is 5.68. The molecule has 1 aromatic heterocycles. The first-order valence-corrected chi connectivity index (χ1v) is 8.02. The third-order valence-electron chi connectivity index (χ3n) is 4.01. The average Bonchev–Trinajstić information content (AvgIpc) is 2.68. The van der Waals surface area contributed by atoms with Gasteiger partial charge in [0.25, 0.3) is 5.91 Å². The van der Waals surface area contributed by atoms with Crippen molar-refractivity contribution in [2.45, 2.75) is 6.92 Å². The standard InChI is InChI=1S/C20H17NO5/c1-12-17(23)14-9-6-10-15(20(24)25-11-16(22)21-2)19(14)26-18(12)13-7-4-3-5-8-13/h3-10H,11H2,1-2H3,(H,21,22). The van der Waals surface area contributed by atoms with Gasteiger partial charge in [-0.15, -0.1) is 0 Å². The summed E-state index contributed by atoms with van der Waals surface area (Å²) >= 11 is 0. The van der Waals surface area contributed by atoms with E-state index >= 15 is 0 Å². The molecule has 0 aliphatic carbocycles. The molecule has 0 saturated carbocycles. The fourth-order valence-electron chi connectivity index (χ4n) is 2.62. The van der Waals surface area contributed by atoms with Gasteiger partial charge < -0.3 is 14.5 Å². The van der Waals surface area contributed by atoms with Crippen molar-refractivity contribution in [3.05, 3.63) is 69.9 Å². The molecule has 0 spiro atoms. The molecule has 0 unspecified atom stereocenters. The maximum atomic E-state index is 12.7. The molecule has 2 aromatic carbocycles. The molecule has 0 saturated heterocycles. The molecule has 3 aromatic rings. The van der Waals surface area contributed by atoms with Crippen LogP contribution in [0.5, 0.6) is 0 Å². The van der Waals surface area contributed by atoms with E-state index in [0.29, 0.717) is 11.3 Å². The largest absolute Gasteiger partial charge is 0.455 e. The average molecular weight is 351 g/mol. The van der Waals surface area contributed by atoms with E-state index in [2.05, 4.69) is 5.32 Å². The van der Waals surface area contributed by atoms with Crippen molar-refractivity contribution in [2.75, 3.05) is 13.7 Å². The predicted molar refractivity (Wildman–Crippen MR) is 97.0 cm³/mol. The molecular weight excluding hydrogens is 334 g/mol. The van der Waals surface area contributed by atoms with Crippen LogP contribution in [-0.4, -0.2) is 25.5 Å². The highest BCUT2D eigenvalue weighted by Crippen LogP contribution is 2.27. The smallest absolute Gasteiger partial charge is 0.342 e. The Morgan fingerprint density at radius 3 is 2.50 bits per heavy atom. The quantitative estimate of drug-likeness (QED) is 0.731. The number of hydrogen-bond donors (Lipinski definition) is 1. The van der Waals surface area contributed by atoms with E-state index in [-0.39, 0.29) is 22.0 Å². The molecule has 1 N–H and O–H groups in total. The Balaban J connectivity index is 2.14. The van der Waals surface area contributed by atoms with Gasteiger partial charge >= 0.3 is 5.97 Å². The number of amides is 1.